The first-order valence-electron chi connectivity index (χ1n) is 6.13. The summed E-state index contributed by atoms with van der Waals surface area (Å²) < 4.78 is 5.35. The number of aryl methyl sites for hydroxylation is 1. The van der Waals surface area contributed by atoms with E-state index in [1.807, 2.05) is 13.0 Å². The number of hydrogen-bond acceptors (Lipinski definition) is 2. The summed E-state index contributed by atoms with van der Waals surface area (Å²) in [5.74, 6) is 0.849. The maximum atomic E-state index is 6.00. The SMILES string of the molecule is COc1ccc(-c2ccccc2C)cc1C(C)N. The molecular formula is C16H19NO. The van der Waals surface area contributed by atoms with Gasteiger partial charge in [-0.05, 0) is 42.7 Å². The van der Waals surface area contributed by atoms with E-state index in [1.54, 1.807) is 7.11 Å². The van der Waals surface area contributed by atoms with Crippen LogP contribution in [0.15, 0.2) is 42.5 Å². The predicted octanol–water partition coefficient (Wildman–Crippen LogP) is 3.69. The van der Waals surface area contributed by atoms with Crippen LogP contribution in [0.25, 0.3) is 11.1 Å². The fraction of sp³-hybridized carbons (Fsp3) is 0.250. The lowest BCUT2D eigenvalue weighted by Gasteiger charge is -2.14. The first-order valence-corrected chi connectivity index (χ1v) is 6.13. The third kappa shape index (κ3) is 2.39. The summed E-state index contributed by atoms with van der Waals surface area (Å²) in [7, 11) is 1.68. The normalized spacial score (nSPS) is 12.2. The lowest BCUT2D eigenvalue weighted by Crippen LogP contribution is -2.07. The largest absolute Gasteiger partial charge is 0.496 e. The lowest BCUT2D eigenvalue weighted by atomic mass is 9.96. The Bertz CT molecular complexity index is 547. The van der Waals surface area contributed by atoms with Crippen molar-refractivity contribution in [2.45, 2.75) is 19.9 Å². The fourth-order valence-electron chi connectivity index (χ4n) is 2.15. The van der Waals surface area contributed by atoms with Crippen LogP contribution in [-0.4, -0.2) is 7.11 Å². The zero-order valence-electron chi connectivity index (χ0n) is 11.1. The molecule has 0 spiro atoms. The maximum absolute atomic E-state index is 6.00. The van der Waals surface area contributed by atoms with Crippen molar-refractivity contribution in [3.8, 4) is 16.9 Å². The molecule has 0 saturated heterocycles. The molecule has 2 heteroatoms. The third-order valence-electron chi connectivity index (χ3n) is 3.18. The molecule has 0 bridgehead atoms. The molecule has 2 aromatic rings. The van der Waals surface area contributed by atoms with Crippen LogP contribution >= 0.6 is 0 Å². The summed E-state index contributed by atoms with van der Waals surface area (Å²) in [6, 6.07) is 14.5. The van der Waals surface area contributed by atoms with Gasteiger partial charge in [-0.3, -0.25) is 0 Å². The van der Waals surface area contributed by atoms with E-state index in [0.717, 1.165) is 11.3 Å². The van der Waals surface area contributed by atoms with Gasteiger partial charge in [0.1, 0.15) is 5.75 Å². The molecule has 18 heavy (non-hydrogen) atoms. The van der Waals surface area contributed by atoms with Gasteiger partial charge in [-0.25, -0.2) is 0 Å². The first-order chi connectivity index (χ1) is 8.63. The maximum Gasteiger partial charge on any atom is 0.123 e. The third-order valence-corrected chi connectivity index (χ3v) is 3.18. The van der Waals surface area contributed by atoms with Gasteiger partial charge in [-0.15, -0.1) is 0 Å². The van der Waals surface area contributed by atoms with Crippen LogP contribution in [0.1, 0.15) is 24.1 Å². The Hall–Kier alpha value is -1.80. The zero-order chi connectivity index (χ0) is 13.1. The van der Waals surface area contributed by atoms with E-state index in [1.165, 1.54) is 16.7 Å². The molecule has 0 radical (unpaired) electrons. The minimum absolute atomic E-state index is 0.0380. The number of hydrogen-bond donors (Lipinski definition) is 1. The smallest absolute Gasteiger partial charge is 0.123 e. The van der Waals surface area contributed by atoms with Crippen LogP contribution in [0.3, 0.4) is 0 Å². The van der Waals surface area contributed by atoms with Crippen molar-refractivity contribution in [1.82, 2.24) is 0 Å². The number of nitrogens with two attached hydrogens (primary N) is 1. The highest BCUT2D eigenvalue weighted by Gasteiger charge is 2.10. The van der Waals surface area contributed by atoms with Gasteiger partial charge >= 0.3 is 0 Å². The van der Waals surface area contributed by atoms with Gasteiger partial charge in [0, 0.05) is 11.6 Å². The Morgan fingerprint density at radius 2 is 1.83 bits per heavy atom. The van der Waals surface area contributed by atoms with E-state index in [-0.39, 0.29) is 6.04 Å². The van der Waals surface area contributed by atoms with Crippen molar-refractivity contribution < 1.29 is 4.74 Å². The molecule has 0 heterocycles. The highest BCUT2D eigenvalue weighted by atomic mass is 16.5. The van der Waals surface area contributed by atoms with Crippen LogP contribution in [0.5, 0.6) is 5.75 Å². The molecule has 1 atom stereocenters. The zero-order valence-corrected chi connectivity index (χ0v) is 11.1. The molecular weight excluding hydrogens is 222 g/mol. The van der Waals surface area contributed by atoms with E-state index in [2.05, 4.69) is 43.3 Å². The lowest BCUT2D eigenvalue weighted by molar-refractivity contribution is 0.407. The van der Waals surface area contributed by atoms with E-state index < -0.39 is 0 Å². The number of rotatable bonds is 3. The van der Waals surface area contributed by atoms with Gasteiger partial charge in [0.2, 0.25) is 0 Å². The molecule has 1 unspecified atom stereocenters. The molecule has 2 nitrogen and oxygen atoms in total. The Morgan fingerprint density at radius 1 is 1.11 bits per heavy atom. The Morgan fingerprint density at radius 3 is 2.44 bits per heavy atom. The molecule has 94 valence electrons. The topological polar surface area (TPSA) is 35.2 Å². The van der Waals surface area contributed by atoms with Crippen molar-refractivity contribution in [2.24, 2.45) is 5.73 Å². The van der Waals surface area contributed by atoms with Gasteiger partial charge in [0.25, 0.3) is 0 Å². The second kappa shape index (κ2) is 5.23. The average Bonchev–Trinajstić information content (AvgIpc) is 2.38. The molecule has 2 rings (SSSR count). The highest BCUT2D eigenvalue weighted by molar-refractivity contribution is 5.69. The van der Waals surface area contributed by atoms with Gasteiger partial charge in [-0.1, -0.05) is 30.3 Å². The minimum atomic E-state index is -0.0380. The second-order valence-electron chi connectivity index (χ2n) is 4.56. The molecule has 0 aromatic heterocycles. The quantitative estimate of drug-likeness (QED) is 0.889. The second-order valence-corrected chi connectivity index (χ2v) is 4.56. The number of ether oxygens (including phenoxy) is 1. The van der Waals surface area contributed by atoms with Crippen molar-refractivity contribution in [3.05, 3.63) is 53.6 Å². The Kier molecular flexibility index (Phi) is 3.68. The molecule has 0 amide bonds. The van der Waals surface area contributed by atoms with Crippen molar-refractivity contribution >= 4 is 0 Å². The standard InChI is InChI=1S/C16H19NO/c1-11-6-4-5-7-14(11)13-8-9-16(18-3)15(10-13)12(2)17/h4-10,12H,17H2,1-3H3. The summed E-state index contributed by atoms with van der Waals surface area (Å²) in [5.41, 5.74) is 10.7. The molecule has 0 aliphatic carbocycles. The molecule has 2 N–H and O–H groups in total. The van der Waals surface area contributed by atoms with Gasteiger partial charge in [0.05, 0.1) is 7.11 Å². The van der Waals surface area contributed by atoms with E-state index >= 15 is 0 Å². The van der Waals surface area contributed by atoms with Crippen molar-refractivity contribution in [1.29, 1.82) is 0 Å². The number of methoxy groups -OCH3 is 1. The van der Waals surface area contributed by atoms with Crippen LogP contribution in [0.4, 0.5) is 0 Å². The summed E-state index contributed by atoms with van der Waals surface area (Å²) in [6.45, 7) is 4.09. The molecule has 0 aliphatic heterocycles. The van der Waals surface area contributed by atoms with Crippen molar-refractivity contribution in [2.75, 3.05) is 7.11 Å². The number of benzene rings is 2. The van der Waals surface area contributed by atoms with E-state index in [9.17, 15) is 0 Å². The molecule has 0 saturated carbocycles. The summed E-state index contributed by atoms with van der Waals surface area (Å²) >= 11 is 0. The average molecular weight is 241 g/mol. The molecule has 0 aliphatic rings. The van der Waals surface area contributed by atoms with Crippen LogP contribution in [0, 0.1) is 6.92 Å². The fourth-order valence-corrected chi connectivity index (χ4v) is 2.15. The highest BCUT2D eigenvalue weighted by Crippen LogP contribution is 2.31. The van der Waals surface area contributed by atoms with Gasteiger partial charge in [0.15, 0.2) is 0 Å². The van der Waals surface area contributed by atoms with Crippen LogP contribution in [0.2, 0.25) is 0 Å². The van der Waals surface area contributed by atoms with Gasteiger partial charge in [-0.2, -0.15) is 0 Å². The minimum Gasteiger partial charge on any atom is -0.496 e. The first kappa shape index (κ1) is 12.7. The van der Waals surface area contributed by atoms with Crippen LogP contribution in [-0.2, 0) is 0 Å². The Balaban J connectivity index is 2.54. The Labute approximate surface area is 108 Å². The predicted molar refractivity (Wildman–Crippen MR) is 75.8 cm³/mol. The summed E-state index contributed by atoms with van der Waals surface area (Å²) in [5, 5.41) is 0. The monoisotopic (exact) mass is 241 g/mol. The summed E-state index contributed by atoms with van der Waals surface area (Å²) in [6.07, 6.45) is 0. The van der Waals surface area contributed by atoms with Crippen LogP contribution < -0.4 is 10.5 Å². The van der Waals surface area contributed by atoms with E-state index in [0.29, 0.717) is 0 Å². The van der Waals surface area contributed by atoms with Crippen molar-refractivity contribution in [3.63, 3.8) is 0 Å². The molecule has 0 fully saturated rings. The van der Waals surface area contributed by atoms with Gasteiger partial charge < -0.3 is 10.5 Å². The van der Waals surface area contributed by atoms with E-state index in [4.69, 9.17) is 10.5 Å². The summed E-state index contributed by atoms with van der Waals surface area (Å²) in [4.78, 5) is 0. The molecule has 2 aromatic carbocycles.